The average molecular weight is 478 g/mol. The van der Waals surface area contributed by atoms with Gasteiger partial charge in [0.15, 0.2) is 0 Å². The Kier molecular flexibility index (Phi) is 7.27. The third kappa shape index (κ3) is 5.03. The summed E-state index contributed by atoms with van der Waals surface area (Å²) in [5, 5.41) is 0. The summed E-state index contributed by atoms with van der Waals surface area (Å²) >= 11 is 0. The van der Waals surface area contributed by atoms with Crippen molar-refractivity contribution in [2.75, 3.05) is 89.9 Å². The van der Waals surface area contributed by atoms with Gasteiger partial charge in [-0.2, -0.15) is 0 Å². The lowest BCUT2D eigenvalue weighted by atomic mass is 9.93. The normalized spacial score (nSPS) is 21.0. The molecule has 5 rings (SSSR count). The minimum atomic E-state index is -0.240. The van der Waals surface area contributed by atoms with Gasteiger partial charge in [0.2, 0.25) is 0 Å². The van der Waals surface area contributed by atoms with Gasteiger partial charge in [-0.15, -0.1) is 0 Å². The first kappa shape index (κ1) is 24.1. The molecular formula is C28H39N5O2. The zero-order valence-electron chi connectivity index (χ0n) is 21.4. The van der Waals surface area contributed by atoms with Gasteiger partial charge in [0.05, 0.1) is 13.2 Å². The highest BCUT2D eigenvalue weighted by Crippen LogP contribution is 2.38. The summed E-state index contributed by atoms with van der Waals surface area (Å²) in [6.45, 7) is 10.1. The van der Waals surface area contributed by atoms with E-state index in [1.807, 2.05) is 0 Å². The second kappa shape index (κ2) is 10.6. The molecule has 0 aliphatic carbocycles. The Morgan fingerprint density at radius 3 is 2.00 bits per heavy atom. The van der Waals surface area contributed by atoms with Gasteiger partial charge in [0.1, 0.15) is 12.0 Å². The van der Waals surface area contributed by atoms with E-state index in [9.17, 15) is 4.79 Å². The Balaban J connectivity index is 1.37. The molecule has 0 bridgehead atoms. The van der Waals surface area contributed by atoms with Crippen LogP contribution >= 0.6 is 0 Å². The summed E-state index contributed by atoms with van der Waals surface area (Å²) in [6, 6.07) is 12.8. The molecule has 188 valence electrons. The maximum Gasteiger partial charge on any atom is 0.141 e. The van der Waals surface area contributed by atoms with Crippen molar-refractivity contribution < 1.29 is 9.53 Å². The van der Waals surface area contributed by atoms with Crippen LogP contribution in [0.1, 0.15) is 22.7 Å². The summed E-state index contributed by atoms with van der Waals surface area (Å²) in [5.41, 5.74) is 6.24. The Morgan fingerprint density at radius 1 is 0.771 bits per heavy atom. The molecule has 2 fully saturated rings. The van der Waals surface area contributed by atoms with E-state index in [2.05, 4.69) is 75.0 Å². The second-order valence-corrected chi connectivity index (χ2v) is 10.2. The van der Waals surface area contributed by atoms with E-state index >= 15 is 0 Å². The zero-order chi connectivity index (χ0) is 24.4. The quantitative estimate of drug-likeness (QED) is 0.592. The van der Waals surface area contributed by atoms with Crippen LogP contribution in [0.4, 0.5) is 11.4 Å². The van der Waals surface area contributed by atoms with Gasteiger partial charge in [-0.25, -0.2) is 0 Å². The average Bonchev–Trinajstić information content (AvgIpc) is 2.90. The van der Waals surface area contributed by atoms with Crippen LogP contribution in [-0.2, 0) is 17.8 Å². The fraction of sp³-hybridized carbons (Fsp3) is 0.536. The van der Waals surface area contributed by atoms with Crippen LogP contribution < -0.4 is 14.5 Å². The topological polar surface area (TPSA) is 42.5 Å². The van der Waals surface area contributed by atoms with E-state index < -0.39 is 0 Å². The van der Waals surface area contributed by atoms with E-state index in [4.69, 9.17) is 4.74 Å². The number of fused-ring (bicyclic) bond motifs is 1. The third-order valence-electron chi connectivity index (χ3n) is 8.06. The number of hydrogen-bond donors (Lipinski definition) is 0. The Bertz CT molecular complexity index is 1010. The molecule has 0 amide bonds. The monoisotopic (exact) mass is 477 g/mol. The van der Waals surface area contributed by atoms with Crippen LogP contribution in [0.2, 0.25) is 0 Å². The molecule has 1 atom stereocenters. The van der Waals surface area contributed by atoms with Gasteiger partial charge < -0.3 is 29.1 Å². The summed E-state index contributed by atoms with van der Waals surface area (Å²) in [7, 11) is 6.12. The van der Waals surface area contributed by atoms with Crippen LogP contribution in [0, 0.1) is 0 Å². The van der Waals surface area contributed by atoms with Crippen molar-refractivity contribution in [3.05, 3.63) is 53.1 Å². The molecule has 3 aliphatic rings. The summed E-state index contributed by atoms with van der Waals surface area (Å²) in [6.07, 6.45) is 2.01. The van der Waals surface area contributed by atoms with E-state index in [0.717, 1.165) is 89.5 Å². The molecule has 0 spiro atoms. The largest absolute Gasteiger partial charge is 0.496 e. The van der Waals surface area contributed by atoms with Crippen LogP contribution in [0.25, 0.3) is 0 Å². The minimum absolute atomic E-state index is 0.240. The van der Waals surface area contributed by atoms with Gasteiger partial charge in [-0.3, -0.25) is 4.90 Å². The molecule has 3 aliphatic heterocycles. The third-order valence-corrected chi connectivity index (χ3v) is 8.06. The Morgan fingerprint density at radius 2 is 1.40 bits per heavy atom. The standard InChI is InChI=1S/C28H39N5O2/c1-29-12-16-31(17-13-29)23-6-4-22(5-7-23)27(21-34)33-11-10-24-25(20-33)26(8-9-28(24)35-3)32-18-14-30(2)15-19-32/h4-9,21,27H,10-20H2,1-3H3/t27-/m1/s1. The molecule has 3 heterocycles. The highest BCUT2D eigenvalue weighted by atomic mass is 16.5. The van der Waals surface area contributed by atoms with Gasteiger partial charge in [0.25, 0.3) is 0 Å². The summed E-state index contributed by atoms with van der Waals surface area (Å²) in [5.74, 6) is 0.969. The maximum atomic E-state index is 12.4. The van der Waals surface area contributed by atoms with Crippen molar-refractivity contribution in [2.45, 2.75) is 19.0 Å². The minimum Gasteiger partial charge on any atom is -0.496 e. The number of aldehydes is 1. The molecule has 7 nitrogen and oxygen atoms in total. The number of likely N-dealkylation sites (N-methyl/N-ethyl adjacent to an activating group) is 2. The number of ether oxygens (including phenoxy) is 1. The molecule has 2 saturated heterocycles. The second-order valence-electron chi connectivity index (χ2n) is 10.2. The maximum absolute atomic E-state index is 12.4. The smallest absolute Gasteiger partial charge is 0.141 e. The molecule has 35 heavy (non-hydrogen) atoms. The number of hydrogen-bond acceptors (Lipinski definition) is 7. The van der Waals surface area contributed by atoms with E-state index in [1.165, 1.54) is 22.5 Å². The van der Waals surface area contributed by atoms with E-state index in [1.54, 1.807) is 7.11 Å². The first-order chi connectivity index (χ1) is 17.1. The lowest BCUT2D eigenvalue weighted by Crippen LogP contribution is -2.45. The van der Waals surface area contributed by atoms with Crippen LogP contribution in [0.3, 0.4) is 0 Å². The molecule has 0 radical (unpaired) electrons. The molecule has 7 heteroatoms. The van der Waals surface area contributed by atoms with Crippen LogP contribution in [-0.4, -0.2) is 101 Å². The zero-order valence-corrected chi connectivity index (χ0v) is 21.4. The predicted molar refractivity (Wildman–Crippen MR) is 142 cm³/mol. The molecule has 0 saturated carbocycles. The number of benzene rings is 2. The van der Waals surface area contributed by atoms with Gasteiger partial charge in [0, 0.05) is 82.4 Å². The fourth-order valence-electron chi connectivity index (χ4n) is 5.74. The summed E-state index contributed by atoms with van der Waals surface area (Å²) < 4.78 is 5.73. The van der Waals surface area contributed by atoms with Crippen LogP contribution in [0.15, 0.2) is 36.4 Å². The highest BCUT2D eigenvalue weighted by molar-refractivity contribution is 5.65. The number of piperazine rings is 2. The molecule has 0 aromatic heterocycles. The fourth-order valence-corrected chi connectivity index (χ4v) is 5.74. The number of carbonyl (C=O) groups is 1. The number of methoxy groups -OCH3 is 1. The van der Waals surface area contributed by atoms with E-state index in [-0.39, 0.29) is 6.04 Å². The van der Waals surface area contributed by atoms with Crippen molar-refractivity contribution in [3.63, 3.8) is 0 Å². The molecular weight excluding hydrogens is 438 g/mol. The summed E-state index contributed by atoms with van der Waals surface area (Å²) in [4.78, 5) is 24.4. The SMILES string of the molecule is COc1ccc(N2CCN(C)CC2)c2c1CCN([C@H](C=O)c1ccc(N3CCN(C)CC3)cc1)C2. The Hall–Kier alpha value is -2.61. The molecule has 2 aromatic carbocycles. The van der Waals surface area contributed by atoms with Crippen molar-refractivity contribution in [3.8, 4) is 5.75 Å². The number of nitrogens with zero attached hydrogens (tertiary/aromatic N) is 5. The number of carbonyl (C=O) groups excluding carboxylic acids is 1. The first-order valence-electron chi connectivity index (χ1n) is 12.9. The van der Waals surface area contributed by atoms with Gasteiger partial charge in [-0.1, -0.05) is 12.1 Å². The first-order valence-corrected chi connectivity index (χ1v) is 12.9. The molecule has 0 unspecified atom stereocenters. The van der Waals surface area contributed by atoms with Crippen molar-refractivity contribution in [1.29, 1.82) is 0 Å². The van der Waals surface area contributed by atoms with Gasteiger partial charge in [-0.05, 0) is 55.9 Å². The highest BCUT2D eigenvalue weighted by Gasteiger charge is 2.30. The van der Waals surface area contributed by atoms with Crippen LogP contribution in [0.5, 0.6) is 5.75 Å². The Labute approximate surface area is 209 Å². The molecule has 2 aromatic rings. The lowest BCUT2D eigenvalue weighted by molar-refractivity contribution is -0.113. The number of anilines is 2. The van der Waals surface area contributed by atoms with Crippen molar-refractivity contribution >= 4 is 17.7 Å². The van der Waals surface area contributed by atoms with Gasteiger partial charge >= 0.3 is 0 Å². The number of rotatable bonds is 6. The van der Waals surface area contributed by atoms with Crippen molar-refractivity contribution in [1.82, 2.24) is 14.7 Å². The van der Waals surface area contributed by atoms with E-state index in [0.29, 0.717) is 0 Å². The lowest BCUT2D eigenvalue weighted by Gasteiger charge is -2.39. The molecule has 0 N–H and O–H groups in total. The van der Waals surface area contributed by atoms with Crippen molar-refractivity contribution in [2.24, 2.45) is 0 Å². The predicted octanol–water partition coefficient (Wildman–Crippen LogP) is 2.50.